The lowest BCUT2D eigenvalue weighted by molar-refractivity contribution is -0.132. The van der Waals surface area contributed by atoms with Crippen LogP contribution in [0.15, 0.2) is 0 Å². The van der Waals surface area contributed by atoms with Crippen molar-refractivity contribution in [3.05, 3.63) is 0 Å². The van der Waals surface area contributed by atoms with Crippen molar-refractivity contribution in [1.82, 2.24) is 4.90 Å². The maximum absolute atomic E-state index is 11.0. The first kappa shape index (κ1) is 8.49. The molecule has 1 N–H and O–H groups in total. The van der Waals surface area contributed by atoms with Gasteiger partial charge in [-0.05, 0) is 6.42 Å². The monoisotopic (exact) mass is 159 g/mol. The highest BCUT2D eigenvalue weighted by Gasteiger charge is 2.19. The number of aliphatic hydroxyl groups is 1. The number of carbonyl (C=O) groups excluding carboxylic acids is 1. The Labute approximate surface area is 65.8 Å². The first-order chi connectivity index (χ1) is 5.34. The van der Waals surface area contributed by atoms with Crippen molar-refractivity contribution in [1.29, 1.82) is 0 Å². The van der Waals surface area contributed by atoms with Gasteiger partial charge in [-0.3, -0.25) is 4.79 Å². The van der Waals surface area contributed by atoms with E-state index in [4.69, 9.17) is 9.84 Å². The molecule has 64 valence electrons. The van der Waals surface area contributed by atoms with Crippen molar-refractivity contribution in [3.63, 3.8) is 0 Å². The van der Waals surface area contributed by atoms with Gasteiger partial charge in [0.15, 0.2) is 0 Å². The molecule has 0 spiro atoms. The van der Waals surface area contributed by atoms with Crippen LogP contribution in [0.1, 0.15) is 12.8 Å². The zero-order chi connectivity index (χ0) is 8.10. The van der Waals surface area contributed by atoms with Crippen LogP contribution >= 0.6 is 0 Å². The lowest BCUT2D eigenvalue weighted by Crippen LogP contribution is -2.27. The van der Waals surface area contributed by atoms with Crippen molar-refractivity contribution >= 4 is 5.91 Å². The van der Waals surface area contributed by atoms with E-state index >= 15 is 0 Å². The minimum absolute atomic E-state index is 0.0159. The molecule has 0 saturated carbocycles. The summed E-state index contributed by atoms with van der Waals surface area (Å²) in [6, 6.07) is 0. The molecular weight excluding hydrogens is 146 g/mol. The van der Waals surface area contributed by atoms with E-state index < -0.39 is 0 Å². The zero-order valence-electron chi connectivity index (χ0n) is 6.45. The summed E-state index contributed by atoms with van der Waals surface area (Å²) in [5.41, 5.74) is 0. The Balaban J connectivity index is 2.10. The molecular formula is C7H13NO3. The Kier molecular flexibility index (Phi) is 3.32. The lowest BCUT2D eigenvalue weighted by atomic mass is 10.4. The van der Waals surface area contributed by atoms with E-state index in [9.17, 15) is 4.79 Å². The molecule has 0 aromatic carbocycles. The van der Waals surface area contributed by atoms with E-state index in [1.807, 2.05) is 0 Å². The Bertz CT molecular complexity index is 138. The van der Waals surface area contributed by atoms with Gasteiger partial charge in [-0.2, -0.15) is 0 Å². The number of likely N-dealkylation sites (tertiary alicyclic amines) is 1. The second kappa shape index (κ2) is 4.31. The number of nitrogens with zero attached hydrogens (tertiary/aromatic N) is 1. The topological polar surface area (TPSA) is 49.8 Å². The Hall–Kier alpha value is -0.610. The number of hydrogen-bond donors (Lipinski definition) is 1. The summed E-state index contributed by atoms with van der Waals surface area (Å²) in [6.07, 6.45) is 1.57. The van der Waals surface area contributed by atoms with Crippen LogP contribution < -0.4 is 0 Å². The summed E-state index contributed by atoms with van der Waals surface area (Å²) in [5.74, 6) is 0.155. The molecule has 4 nitrogen and oxygen atoms in total. The summed E-state index contributed by atoms with van der Waals surface area (Å²) >= 11 is 0. The van der Waals surface area contributed by atoms with Crippen LogP contribution in [0.5, 0.6) is 0 Å². The Morgan fingerprint density at radius 1 is 1.64 bits per heavy atom. The lowest BCUT2D eigenvalue weighted by Gasteiger charge is -2.14. The average molecular weight is 159 g/mol. The molecule has 0 atom stereocenters. The molecule has 0 aliphatic carbocycles. The van der Waals surface area contributed by atoms with Crippen molar-refractivity contribution < 1.29 is 14.6 Å². The van der Waals surface area contributed by atoms with Gasteiger partial charge in [0, 0.05) is 13.0 Å². The van der Waals surface area contributed by atoms with E-state index in [1.54, 1.807) is 4.90 Å². The van der Waals surface area contributed by atoms with E-state index in [-0.39, 0.29) is 12.5 Å². The third-order valence-electron chi connectivity index (χ3n) is 1.65. The Morgan fingerprint density at radius 3 is 3.00 bits per heavy atom. The second-order valence-electron chi connectivity index (χ2n) is 2.52. The number of rotatable bonds is 4. The fourth-order valence-corrected chi connectivity index (χ4v) is 1.08. The van der Waals surface area contributed by atoms with Gasteiger partial charge in [-0.25, -0.2) is 0 Å². The summed E-state index contributed by atoms with van der Waals surface area (Å²) in [7, 11) is 0. The Morgan fingerprint density at radius 2 is 2.45 bits per heavy atom. The van der Waals surface area contributed by atoms with Crippen LogP contribution in [-0.2, 0) is 9.53 Å². The van der Waals surface area contributed by atoms with Crippen LogP contribution in [0.3, 0.4) is 0 Å². The van der Waals surface area contributed by atoms with Gasteiger partial charge >= 0.3 is 0 Å². The largest absolute Gasteiger partial charge is 0.394 e. The van der Waals surface area contributed by atoms with E-state index in [2.05, 4.69) is 0 Å². The minimum Gasteiger partial charge on any atom is -0.394 e. The van der Waals surface area contributed by atoms with Crippen LogP contribution in [0.4, 0.5) is 0 Å². The predicted molar refractivity (Wildman–Crippen MR) is 38.9 cm³/mol. The highest BCUT2D eigenvalue weighted by Crippen LogP contribution is 2.08. The van der Waals surface area contributed by atoms with Gasteiger partial charge in [0.25, 0.3) is 0 Å². The average Bonchev–Trinajstić information content (AvgIpc) is 2.37. The maximum atomic E-state index is 11.0. The first-order valence-corrected chi connectivity index (χ1v) is 3.81. The number of hydrogen-bond acceptors (Lipinski definition) is 3. The van der Waals surface area contributed by atoms with Gasteiger partial charge in [-0.15, -0.1) is 0 Å². The van der Waals surface area contributed by atoms with Gasteiger partial charge in [0.2, 0.25) is 5.91 Å². The fraction of sp³-hybridized carbons (Fsp3) is 0.857. The SMILES string of the molecule is O=C1CCCN1COCCO. The quantitative estimate of drug-likeness (QED) is 0.566. The van der Waals surface area contributed by atoms with Gasteiger partial charge in [0.05, 0.1) is 13.2 Å². The van der Waals surface area contributed by atoms with Crippen molar-refractivity contribution in [2.24, 2.45) is 0 Å². The van der Waals surface area contributed by atoms with Gasteiger partial charge in [-0.1, -0.05) is 0 Å². The van der Waals surface area contributed by atoms with E-state index in [1.165, 1.54) is 0 Å². The molecule has 0 bridgehead atoms. The molecule has 1 aliphatic heterocycles. The minimum atomic E-state index is 0.0159. The molecule has 1 rings (SSSR count). The molecule has 1 fully saturated rings. The molecule has 0 unspecified atom stereocenters. The highest BCUT2D eigenvalue weighted by molar-refractivity contribution is 5.77. The molecule has 1 amide bonds. The van der Waals surface area contributed by atoms with Crippen LogP contribution in [0.2, 0.25) is 0 Å². The number of aliphatic hydroxyl groups excluding tert-OH is 1. The third kappa shape index (κ3) is 2.48. The predicted octanol–water partition coefficient (Wildman–Crippen LogP) is -0.425. The van der Waals surface area contributed by atoms with Crippen molar-refractivity contribution in [2.45, 2.75) is 12.8 Å². The molecule has 11 heavy (non-hydrogen) atoms. The van der Waals surface area contributed by atoms with E-state index in [0.717, 1.165) is 13.0 Å². The number of ether oxygens (including phenoxy) is 1. The molecule has 1 heterocycles. The molecule has 0 radical (unpaired) electrons. The third-order valence-corrected chi connectivity index (χ3v) is 1.65. The zero-order valence-corrected chi connectivity index (χ0v) is 6.45. The van der Waals surface area contributed by atoms with Crippen LogP contribution in [0, 0.1) is 0 Å². The molecule has 0 aromatic heterocycles. The van der Waals surface area contributed by atoms with Crippen molar-refractivity contribution in [2.75, 3.05) is 26.5 Å². The normalized spacial score (nSPS) is 17.9. The summed E-state index contributed by atoms with van der Waals surface area (Å²) in [6.45, 7) is 1.45. The van der Waals surface area contributed by atoms with Crippen LogP contribution in [0.25, 0.3) is 0 Å². The van der Waals surface area contributed by atoms with Gasteiger partial charge < -0.3 is 14.7 Å². The summed E-state index contributed by atoms with van der Waals surface area (Å²) < 4.78 is 4.99. The number of amides is 1. The van der Waals surface area contributed by atoms with Crippen LogP contribution in [-0.4, -0.2) is 42.4 Å². The second-order valence-corrected chi connectivity index (χ2v) is 2.52. The first-order valence-electron chi connectivity index (χ1n) is 3.81. The molecule has 1 saturated heterocycles. The summed E-state index contributed by atoms with van der Waals surface area (Å²) in [4.78, 5) is 12.6. The number of carbonyl (C=O) groups is 1. The van der Waals surface area contributed by atoms with Gasteiger partial charge in [0.1, 0.15) is 6.73 Å². The van der Waals surface area contributed by atoms with E-state index in [0.29, 0.717) is 19.8 Å². The van der Waals surface area contributed by atoms with Crippen molar-refractivity contribution in [3.8, 4) is 0 Å². The summed E-state index contributed by atoms with van der Waals surface area (Å²) in [5, 5.41) is 8.38. The maximum Gasteiger partial charge on any atom is 0.224 e. The fourth-order valence-electron chi connectivity index (χ4n) is 1.08. The smallest absolute Gasteiger partial charge is 0.224 e. The highest BCUT2D eigenvalue weighted by atomic mass is 16.5. The molecule has 4 heteroatoms. The molecule has 0 aromatic rings. The molecule has 1 aliphatic rings. The standard InChI is InChI=1S/C7H13NO3/c9-4-5-11-6-8-3-1-2-7(8)10/h9H,1-6H2.